The molecule has 0 radical (unpaired) electrons. The average molecular weight is 232 g/mol. The fourth-order valence-electron chi connectivity index (χ4n) is 2.64. The molecule has 1 aliphatic rings. The van der Waals surface area contributed by atoms with Crippen LogP contribution in [0.3, 0.4) is 0 Å². The molecule has 0 unspecified atom stereocenters. The number of nitrogens with two attached hydrogens (primary N) is 1. The van der Waals surface area contributed by atoms with Crippen LogP contribution in [0.1, 0.15) is 43.7 Å². The van der Waals surface area contributed by atoms with E-state index in [0.717, 1.165) is 19.5 Å². The second kappa shape index (κ2) is 5.65. The minimum Gasteiger partial charge on any atom is -0.330 e. The highest BCUT2D eigenvalue weighted by atomic mass is 15.0. The van der Waals surface area contributed by atoms with Crippen LogP contribution in [0.25, 0.3) is 0 Å². The summed E-state index contributed by atoms with van der Waals surface area (Å²) in [6.45, 7) is 4.07. The van der Waals surface area contributed by atoms with Gasteiger partial charge in [-0.2, -0.15) is 0 Å². The van der Waals surface area contributed by atoms with Gasteiger partial charge in [-0.25, -0.2) is 0 Å². The first-order chi connectivity index (χ1) is 8.22. The summed E-state index contributed by atoms with van der Waals surface area (Å²) in [6, 6.07) is 8.83. The lowest BCUT2D eigenvalue weighted by Crippen LogP contribution is -2.38. The minimum atomic E-state index is 0.371. The Morgan fingerprint density at radius 1 is 1.12 bits per heavy atom. The van der Waals surface area contributed by atoms with Gasteiger partial charge in [0.2, 0.25) is 0 Å². The molecule has 1 saturated carbocycles. The summed E-state index contributed by atoms with van der Waals surface area (Å²) in [6.07, 6.45) is 6.36. The number of hydrogen-bond acceptors (Lipinski definition) is 2. The number of nitrogens with one attached hydrogen (secondary N) is 1. The third-order valence-electron chi connectivity index (χ3n) is 3.88. The largest absolute Gasteiger partial charge is 0.330 e. The lowest BCUT2D eigenvalue weighted by molar-refractivity contribution is 0.363. The van der Waals surface area contributed by atoms with E-state index in [-0.39, 0.29) is 0 Å². The Bertz CT molecular complexity index is 336. The van der Waals surface area contributed by atoms with Gasteiger partial charge in [0.05, 0.1) is 0 Å². The predicted octanol–water partition coefficient (Wildman–Crippen LogP) is 2.61. The second-order valence-electron chi connectivity index (χ2n) is 5.48. The monoisotopic (exact) mass is 232 g/mol. The van der Waals surface area contributed by atoms with Crippen molar-refractivity contribution in [1.82, 2.24) is 5.32 Å². The van der Waals surface area contributed by atoms with Gasteiger partial charge < -0.3 is 11.1 Å². The molecule has 1 aromatic rings. The van der Waals surface area contributed by atoms with Gasteiger partial charge in [0.15, 0.2) is 0 Å². The molecule has 3 N–H and O–H groups in total. The van der Waals surface area contributed by atoms with Gasteiger partial charge in [0, 0.05) is 12.1 Å². The van der Waals surface area contributed by atoms with Crippen LogP contribution in [0.2, 0.25) is 0 Å². The molecule has 1 aliphatic carbocycles. The van der Waals surface area contributed by atoms with Crippen molar-refractivity contribution in [3.05, 3.63) is 35.4 Å². The number of benzene rings is 1. The van der Waals surface area contributed by atoms with Crippen LogP contribution in [-0.2, 0) is 13.0 Å². The van der Waals surface area contributed by atoms with Crippen LogP contribution in [0, 0.1) is 0 Å². The normalized spacial score (nSPS) is 18.5. The summed E-state index contributed by atoms with van der Waals surface area (Å²) in [5, 5.41) is 3.70. The molecule has 0 amide bonds. The maximum absolute atomic E-state index is 5.54. The lowest BCUT2D eigenvalue weighted by atomic mass is 10.00. The van der Waals surface area contributed by atoms with Crippen molar-refractivity contribution in [2.75, 3.05) is 6.54 Å². The SMILES string of the molecule is CC1(NCc2ccc(CCN)cc2)CCCC1. The third kappa shape index (κ3) is 3.55. The van der Waals surface area contributed by atoms with Gasteiger partial charge in [-0.1, -0.05) is 37.1 Å². The average Bonchev–Trinajstić information content (AvgIpc) is 2.76. The molecule has 1 aromatic carbocycles. The molecular formula is C15H24N2. The van der Waals surface area contributed by atoms with E-state index in [4.69, 9.17) is 5.73 Å². The maximum atomic E-state index is 5.54. The van der Waals surface area contributed by atoms with Gasteiger partial charge in [0.1, 0.15) is 0 Å². The standard InChI is InChI=1S/C15H24N2/c1-15(9-2-3-10-15)17-12-14-6-4-13(5-7-14)8-11-16/h4-7,17H,2-3,8-12,16H2,1H3. The van der Waals surface area contributed by atoms with Gasteiger partial charge in [-0.15, -0.1) is 0 Å². The van der Waals surface area contributed by atoms with E-state index in [2.05, 4.69) is 36.5 Å². The lowest BCUT2D eigenvalue weighted by Gasteiger charge is -2.25. The highest BCUT2D eigenvalue weighted by molar-refractivity contribution is 5.22. The first-order valence-corrected chi connectivity index (χ1v) is 6.75. The van der Waals surface area contributed by atoms with E-state index >= 15 is 0 Å². The molecule has 0 spiro atoms. The summed E-state index contributed by atoms with van der Waals surface area (Å²) in [4.78, 5) is 0. The summed E-state index contributed by atoms with van der Waals surface area (Å²) >= 11 is 0. The number of rotatable bonds is 5. The van der Waals surface area contributed by atoms with E-state index in [1.165, 1.54) is 36.8 Å². The highest BCUT2D eigenvalue weighted by Crippen LogP contribution is 2.29. The van der Waals surface area contributed by atoms with E-state index < -0.39 is 0 Å². The van der Waals surface area contributed by atoms with Crippen molar-refractivity contribution in [3.63, 3.8) is 0 Å². The molecule has 17 heavy (non-hydrogen) atoms. The minimum absolute atomic E-state index is 0.371. The Kier molecular flexibility index (Phi) is 4.19. The van der Waals surface area contributed by atoms with E-state index in [1.807, 2.05) is 0 Å². The summed E-state index contributed by atoms with van der Waals surface area (Å²) in [5.41, 5.74) is 8.63. The van der Waals surface area contributed by atoms with Crippen LogP contribution in [0.15, 0.2) is 24.3 Å². The molecule has 0 aliphatic heterocycles. The first-order valence-electron chi connectivity index (χ1n) is 6.75. The van der Waals surface area contributed by atoms with Crippen molar-refractivity contribution in [2.45, 2.75) is 51.1 Å². The molecule has 0 atom stereocenters. The van der Waals surface area contributed by atoms with E-state index in [1.54, 1.807) is 0 Å². The fourth-order valence-corrected chi connectivity index (χ4v) is 2.64. The zero-order valence-corrected chi connectivity index (χ0v) is 10.8. The molecule has 2 rings (SSSR count). The van der Waals surface area contributed by atoms with Crippen molar-refractivity contribution in [3.8, 4) is 0 Å². The van der Waals surface area contributed by atoms with Crippen molar-refractivity contribution < 1.29 is 0 Å². The first kappa shape index (κ1) is 12.6. The molecule has 0 bridgehead atoms. The molecule has 0 aromatic heterocycles. The van der Waals surface area contributed by atoms with Gasteiger partial charge >= 0.3 is 0 Å². The van der Waals surface area contributed by atoms with Crippen LogP contribution >= 0.6 is 0 Å². The molecule has 1 fully saturated rings. The van der Waals surface area contributed by atoms with Gasteiger partial charge in [0.25, 0.3) is 0 Å². The van der Waals surface area contributed by atoms with Gasteiger partial charge in [-0.3, -0.25) is 0 Å². The quantitative estimate of drug-likeness (QED) is 0.819. The zero-order valence-electron chi connectivity index (χ0n) is 10.8. The van der Waals surface area contributed by atoms with Crippen LogP contribution < -0.4 is 11.1 Å². The van der Waals surface area contributed by atoms with Crippen molar-refractivity contribution in [1.29, 1.82) is 0 Å². The van der Waals surface area contributed by atoms with Gasteiger partial charge in [-0.05, 0) is 43.9 Å². The molecular weight excluding hydrogens is 208 g/mol. The van der Waals surface area contributed by atoms with Crippen molar-refractivity contribution >= 4 is 0 Å². The van der Waals surface area contributed by atoms with Crippen LogP contribution in [0.4, 0.5) is 0 Å². The number of hydrogen-bond donors (Lipinski definition) is 2. The van der Waals surface area contributed by atoms with E-state index in [0.29, 0.717) is 5.54 Å². The Hall–Kier alpha value is -0.860. The smallest absolute Gasteiger partial charge is 0.0210 e. The summed E-state index contributed by atoms with van der Waals surface area (Å²) < 4.78 is 0. The zero-order chi connectivity index (χ0) is 12.1. The highest BCUT2D eigenvalue weighted by Gasteiger charge is 2.27. The molecule has 2 heteroatoms. The molecule has 0 heterocycles. The predicted molar refractivity (Wildman–Crippen MR) is 72.9 cm³/mol. The molecule has 2 nitrogen and oxygen atoms in total. The molecule has 94 valence electrons. The topological polar surface area (TPSA) is 38.0 Å². The Balaban J connectivity index is 1.86. The maximum Gasteiger partial charge on any atom is 0.0210 e. The van der Waals surface area contributed by atoms with Crippen LogP contribution in [-0.4, -0.2) is 12.1 Å². The fraction of sp³-hybridized carbons (Fsp3) is 0.600. The second-order valence-corrected chi connectivity index (χ2v) is 5.48. The van der Waals surface area contributed by atoms with E-state index in [9.17, 15) is 0 Å². The Labute approximate surface area is 105 Å². The Morgan fingerprint density at radius 3 is 2.29 bits per heavy atom. The van der Waals surface area contributed by atoms with Crippen LogP contribution in [0.5, 0.6) is 0 Å². The summed E-state index contributed by atoms with van der Waals surface area (Å²) in [5.74, 6) is 0. The Morgan fingerprint density at radius 2 is 1.71 bits per heavy atom. The van der Waals surface area contributed by atoms with Crippen molar-refractivity contribution in [2.24, 2.45) is 5.73 Å². The summed E-state index contributed by atoms with van der Waals surface area (Å²) in [7, 11) is 0. The molecule has 0 saturated heterocycles. The third-order valence-corrected chi connectivity index (χ3v) is 3.88.